The summed E-state index contributed by atoms with van der Waals surface area (Å²) in [6.45, 7) is 0. The van der Waals surface area contributed by atoms with E-state index in [0.717, 1.165) is 0 Å². The molecule has 3 aromatic carbocycles. The van der Waals surface area contributed by atoms with Crippen LogP contribution in [0.4, 0.5) is 0 Å². The van der Waals surface area contributed by atoms with Gasteiger partial charge in [0.2, 0.25) is 0 Å². The summed E-state index contributed by atoms with van der Waals surface area (Å²) in [4.78, 5) is 26.4. The minimum atomic E-state index is -1.14. The second kappa shape index (κ2) is 8.44. The summed E-state index contributed by atoms with van der Waals surface area (Å²) in [6, 6.07) is 26.0. The molecule has 0 unspecified atom stereocenters. The number of benzene rings is 3. The summed E-state index contributed by atoms with van der Waals surface area (Å²) >= 11 is 5.94. The molecule has 0 aliphatic rings. The zero-order valence-electron chi connectivity index (χ0n) is 14.4. The van der Waals surface area contributed by atoms with E-state index in [1.54, 1.807) is 84.9 Å². The van der Waals surface area contributed by atoms with Crippen molar-refractivity contribution in [1.82, 2.24) is 0 Å². The molecule has 0 bridgehead atoms. The van der Waals surface area contributed by atoms with Gasteiger partial charge in [-0.05, 0) is 17.7 Å². The first kappa shape index (κ1) is 18.6. The highest BCUT2D eigenvalue weighted by atomic mass is 35.5. The van der Waals surface area contributed by atoms with Crippen LogP contribution in [0.25, 0.3) is 0 Å². The van der Waals surface area contributed by atoms with E-state index in [1.165, 1.54) is 0 Å². The summed E-state index contributed by atoms with van der Waals surface area (Å²) < 4.78 is 0. The highest BCUT2D eigenvalue weighted by Crippen LogP contribution is 2.31. The average molecular weight is 374 g/mol. The van der Waals surface area contributed by atoms with Gasteiger partial charge in [0.25, 0.3) is 0 Å². The van der Waals surface area contributed by atoms with Crippen LogP contribution in [-0.2, 0) is 0 Å². The first-order valence-corrected chi connectivity index (χ1v) is 8.83. The largest absolute Gasteiger partial charge is 0.293 e. The Hall–Kier alpha value is -3.22. The SMILES string of the molecule is N#C[C@@H](c1ccc(Cl)cc1)C(C(=O)c1ccccc1)C(=O)c1ccccc1. The Kier molecular flexibility index (Phi) is 5.80. The fourth-order valence-corrected chi connectivity index (χ4v) is 3.12. The second-order valence-electron chi connectivity index (χ2n) is 6.10. The van der Waals surface area contributed by atoms with Crippen molar-refractivity contribution in [3.8, 4) is 6.07 Å². The van der Waals surface area contributed by atoms with Gasteiger partial charge >= 0.3 is 0 Å². The van der Waals surface area contributed by atoms with Crippen LogP contribution >= 0.6 is 11.6 Å². The van der Waals surface area contributed by atoms with E-state index >= 15 is 0 Å². The lowest BCUT2D eigenvalue weighted by atomic mass is 9.77. The molecule has 0 aromatic heterocycles. The van der Waals surface area contributed by atoms with Gasteiger partial charge in [-0.3, -0.25) is 9.59 Å². The van der Waals surface area contributed by atoms with E-state index in [0.29, 0.717) is 21.7 Å². The van der Waals surface area contributed by atoms with Gasteiger partial charge in [-0.2, -0.15) is 5.26 Å². The van der Waals surface area contributed by atoms with Gasteiger partial charge in [-0.25, -0.2) is 0 Å². The predicted octanol–water partition coefficient (Wildman–Crippen LogP) is 5.33. The molecule has 4 heteroatoms. The van der Waals surface area contributed by atoms with Crippen LogP contribution in [0.15, 0.2) is 84.9 Å². The lowest BCUT2D eigenvalue weighted by Gasteiger charge is -2.20. The third-order valence-corrected chi connectivity index (χ3v) is 4.64. The molecule has 0 fully saturated rings. The maximum Gasteiger partial charge on any atom is 0.175 e. The number of Topliss-reactive ketones (excluding diaryl/α,β-unsaturated/α-hetero) is 2. The molecule has 132 valence electrons. The van der Waals surface area contributed by atoms with Crippen molar-refractivity contribution in [2.24, 2.45) is 5.92 Å². The molecule has 27 heavy (non-hydrogen) atoms. The summed E-state index contributed by atoms with van der Waals surface area (Å²) in [5, 5.41) is 10.3. The highest BCUT2D eigenvalue weighted by molar-refractivity contribution is 6.30. The van der Waals surface area contributed by atoms with Crippen molar-refractivity contribution in [2.75, 3.05) is 0 Å². The van der Waals surface area contributed by atoms with Gasteiger partial charge in [0, 0.05) is 16.1 Å². The number of nitriles is 1. The van der Waals surface area contributed by atoms with E-state index in [1.807, 2.05) is 0 Å². The number of hydrogen-bond donors (Lipinski definition) is 0. The second-order valence-corrected chi connectivity index (χ2v) is 6.53. The normalized spacial score (nSPS) is 11.6. The molecule has 1 atom stereocenters. The molecule has 3 nitrogen and oxygen atoms in total. The van der Waals surface area contributed by atoms with Gasteiger partial charge in [0.15, 0.2) is 11.6 Å². The minimum absolute atomic E-state index is 0.369. The van der Waals surface area contributed by atoms with Crippen LogP contribution in [0.5, 0.6) is 0 Å². The molecule has 0 saturated carbocycles. The van der Waals surface area contributed by atoms with Crippen LogP contribution in [0.1, 0.15) is 32.2 Å². The topological polar surface area (TPSA) is 57.9 Å². The number of halogens is 1. The quantitative estimate of drug-likeness (QED) is 0.433. The molecule has 0 radical (unpaired) electrons. The molecule has 3 aromatic rings. The minimum Gasteiger partial charge on any atom is -0.293 e. The lowest BCUT2D eigenvalue weighted by Crippen LogP contribution is -2.30. The molecule has 0 saturated heterocycles. The van der Waals surface area contributed by atoms with Crippen molar-refractivity contribution in [1.29, 1.82) is 5.26 Å². The fraction of sp³-hybridized carbons (Fsp3) is 0.0870. The fourth-order valence-electron chi connectivity index (χ4n) is 3.00. The summed E-state index contributed by atoms with van der Waals surface area (Å²) in [5.74, 6) is -2.79. The van der Waals surface area contributed by atoms with Gasteiger partial charge in [0.05, 0.1) is 12.0 Å². The summed E-state index contributed by atoms with van der Waals surface area (Å²) in [7, 11) is 0. The first-order valence-electron chi connectivity index (χ1n) is 8.45. The van der Waals surface area contributed by atoms with Gasteiger partial charge in [-0.1, -0.05) is 84.4 Å². The van der Waals surface area contributed by atoms with Crippen molar-refractivity contribution in [2.45, 2.75) is 5.92 Å². The van der Waals surface area contributed by atoms with E-state index in [9.17, 15) is 14.9 Å². The van der Waals surface area contributed by atoms with Gasteiger partial charge < -0.3 is 0 Å². The Morgan fingerprint density at radius 1 is 0.741 bits per heavy atom. The molecular formula is C23H16ClNO2. The number of rotatable bonds is 6. The number of hydrogen-bond acceptors (Lipinski definition) is 3. The zero-order valence-corrected chi connectivity index (χ0v) is 15.1. The molecular weight excluding hydrogens is 358 g/mol. The van der Waals surface area contributed by atoms with Gasteiger partial charge in [0.1, 0.15) is 5.92 Å². The van der Waals surface area contributed by atoms with Crippen LogP contribution in [0.2, 0.25) is 5.02 Å². The molecule has 0 spiro atoms. The third kappa shape index (κ3) is 4.13. The molecule has 0 amide bonds. The van der Waals surface area contributed by atoms with Crippen LogP contribution in [0, 0.1) is 17.2 Å². The Bertz CT molecular complexity index is 925. The number of carbonyl (C=O) groups excluding carboxylic acids is 2. The van der Waals surface area contributed by atoms with Crippen molar-refractivity contribution >= 4 is 23.2 Å². The standard InChI is InChI=1S/C23H16ClNO2/c24-19-13-11-16(12-14-19)20(15-25)21(22(26)17-7-3-1-4-8-17)23(27)18-9-5-2-6-10-18/h1-14,20-21H/t20-/m0/s1. The van der Waals surface area contributed by atoms with Crippen molar-refractivity contribution in [3.05, 3.63) is 107 Å². The Labute approximate surface area is 162 Å². The number of ketones is 2. The Morgan fingerprint density at radius 2 is 1.19 bits per heavy atom. The molecule has 0 heterocycles. The predicted molar refractivity (Wildman–Crippen MR) is 105 cm³/mol. The molecule has 0 aliphatic heterocycles. The van der Waals surface area contributed by atoms with E-state index in [4.69, 9.17) is 11.6 Å². The van der Waals surface area contributed by atoms with E-state index < -0.39 is 11.8 Å². The Morgan fingerprint density at radius 3 is 1.59 bits per heavy atom. The van der Waals surface area contributed by atoms with E-state index in [2.05, 4.69) is 6.07 Å². The average Bonchev–Trinajstić information content (AvgIpc) is 2.73. The number of carbonyl (C=O) groups is 2. The Balaban J connectivity index is 2.08. The zero-order chi connectivity index (χ0) is 19.2. The van der Waals surface area contributed by atoms with Crippen LogP contribution < -0.4 is 0 Å². The number of nitrogens with zero attached hydrogens (tertiary/aromatic N) is 1. The molecule has 0 N–H and O–H groups in total. The molecule has 0 aliphatic carbocycles. The smallest absolute Gasteiger partial charge is 0.175 e. The maximum atomic E-state index is 13.2. The maximum absolute atomic E-state index is 13.2. The first-order chi connectivity index (χ1) is 13.1. The van der Waals surface area contributed by atoms with Crippen molar-refractivity contribution < 1.29 is 9.59 Å². The monoisotopic (exact) mass is 373 g/mol. The summed E-state index contributed by atoms with van der Waals surface area (Å²) in [5.41, 5.74) is 1.39. The van der Waals surface area contributed by atoms with Crippen molar-refractivity contribution in [3.63, 3.8) is 0 Å². The lowest BCUT2D eigenvalue weighted by molar-refractivity contribution is 0.0796. The van der Waals surface area contributed by atoms with Crippen LogP contribution in [-0.4, -0.2) is 11.6 Å². The molecule has 3 rings (SSSR count). The third-order valence-electron chi connectivity index (χ3n) is 4.38. The van der Waals surface area contributed by atoms with Crippen LogP contribution in [0.3, 0.4) is 0 Å². The highest BCUT2D eigenvalue weighted by Gasteiger charge is 2.37. The van der Waals surface area contributed by atoms with E-state index in [-0.39, 0.29) is 11.6 Å². The van der Waals surface area contributed by atoms with Gasteiger partial charge in [-0.15, -0.1) is 0 Å². The summed E-state index contributed by atoms with van der Waals surface area (Å²) in [6.07, 6.45) is 0.